The number of halogens is 3. The van der Waals surface area contributed by atoms with Gasteiger partial charge in [-0.25, -0.2) is 0 Å². The molecule has 0 saturated heterocycles. The highest BCUT2D eigenvalue weighted by Crippen LogP contribution is 2.21. The number of ether oxygens (including phenoxy) is 2. The van der Waals surface area contributed by atoms with Crippen LogP contribution in [0.1, 0.15) is 13.8 Å². The Kier molecular flexibility index (Phi) is 14.3. The van der Waals surface area contributed by atoms with E-state index in [9.17, 15) is 22.8 Å². The van der Waals surface area contributed by atoms with E-state index in [4.69, 9.17) is 0 Å². The van der Waals surface area contributed by atoms with Crippen molar-refractivity contribution in [1.29, 1.82) is 0 Å². The number of rotatable bonds is 7. The largest absolute Gasteiger partial charge is 0.573 e. The molecule has 0 bridgehead atoms. The minimum atomic E-state index is -4.76. The smallest absolute Gasteiger partial charge is 0.406 e. The molecule has 0 aromatic rings. The molecule has 0 unspecified atom stereocenters. The Labute approximate surface area is 139 Å². The van der Waals surface area contributed by atoms with Gasteiger partial charge in [0.2, 0.25) is 11.8 Å². The van der Waals surface area contributed by atoms with Crippen molar-refractivity contribution in [2.24, 2.45) is 0 Å². The summed E-state index contributed by atoms with van der Waals surface area (Å²) in [6, 6.07) is 0. The fourth-order valence-electron chi connectivity index (χ4n) is 1.09. The van der Waals surface area contributed by atoms with E-state index >= 15 is 0 Å². The summed E-state index contributed by atoms with van der Waals surface area (Å²) in [5, 5.41) is 4.75. The summed E-state index contributed by atoms with van der Waals surface area (Å²) < 4.78 is 44.2. The molecule has 2 amide bonds. The third-order valence-electron chi connectivity index (χ3n) is 1.88. The Morgan fingerprint density at radius 3 is 2.21 bits per heavy atom. The van der Waals surface area contributed by atoms with Gasteiger partial charge in [-0.15, -0.1) is 13.2 Å². The lowest BCUT2D eigenvalue weighted by Crippen LogP contribution is -2.35. The number of allylic oxidation sites excluding steroid dienone is 4. The lowest BCUT2D eigenvalue weighted by Gasteiger charge is -2.08. The topological polar surface area (TPSA) is 76.7 Å². The number of hydrogen-bond acceptors (Lipinski definition) is 4. The van der Waals surface area contributed by atoms with Crippen molar-refractivity contribution in [1.82, 2.24) is 10.6 Å². The van der Waals surface area contributed by atoms with Gasteiger partial charge in [-0.2, -0.15) is 0 Å². The lowest BCUT2D eigenvalue weighted by molar-refractivity contribution is -0.303. The van der Waals surface area contributed by atoms with Crippen LogP contribution in [0.3, 0.4) is 0 Å². The molecule has 138 valence electrons. The van der Waals surface area contributed by atoms with Crippen molar-refractivity contribution in [2.45, 2.75) is 20.2 Å². The van der Waals surface area contributed by atoms with Gasteiger partial charge in [0.1, 0.15) is 5.76 Å². The second-order valence-electron chi connectivity index (χ2n) is 4.17. The number of amides is 2. The molecule has 0 heterocycles. The maximum Gasteiger partial charge on any atom is 0.573 e. The van der Waals surface area contributed by atoms with Crippen LogP contribution in [0.25, 0.3) is 0 Å². The molecule has 6 nitrogen and oxygen atoms in total. The molecular formula is C15H23F3N2O4. The highest BCUT2D eigenvalue weighted by Gasteiger charge is 2.31. The zero-order chi connectivity index (χ0) is 19.0. The first-order chi connectivity index (χ1) is 11.2. The molecule has 0 spiro atoms. The van der Waals surface area contributed by atoms with Crippen molar-refractivity contribution >= 4 is 11.8 Å². The summed E-state index contributed by atoms with van der Waals surface area (Å²) >= 11 is 0. The molecule has 0 atom stereocenters. The van der Waals surface area contributed by atoms with Gasteiger partial charge in [0.15, 0.2) is 0 Å². The Morgan fingerprint density at radius 2 is 1.75 bits per heavy atom. The van der Waals surface area contributed by atoms with E-state index in [0.29, 0.717) is 0 Å². The molecule has 24 heavy (non-hydrogen) atoms. The van der Waals surface area contributed by atoms with Crippen LogP contribution in [0.5, 0.6) is 0 Å². The van der Waals surface area contributed by atoms with E-state index in [2.05, 4.69) is 20.1 Å². The number of carbonyl (C=O) groups excluding carboxylic acids is 2. The van der Waals surface area contributed by atoms with Crippen molar-refractivity contribution in [3.63, 3.8) is 0 Å². The van der Waals surface area contributed by atoms with Gasteiger partial charge in [0.05, 0.1) is 6.54 Å². The van der Waals surface area contributed by atoms with E-state index < -0.39 is 12.3 Å². The zero-order valence-corrected chi connectivity index (χ0v) is 14.1. The van der Waals surface area contributed by atoms with Crippen LogP contribution in [-0.4, -0.2) is 45.5 Å². The Balaban J connectivity index is 0. The van der Waals surface area contributed by atoms with Crippen molar-refractivity contribution < 1.29 is 32.2 Å². The molecule has 0 aliphatic heterocycles. The number of alkyl halides is 3. The summed E-state index contributed by atoms with van der Waals surface area (Å²) in [5.41, 5.74) is 0. The molecule has 0 aromatic carbocycles. The quantitative estimate of drug-likeness (QED) is 0.543. The molecule has 2 N–H and O–H groups in total. The highest BCUT2D eigenvalue weighted by atomic mass is 19.4. The molecule has 0 radical (unpaired) electrons. The number of methoxy groups -OCH3 is 1. The monoisotopic (exact) mass is 352 g/mol. The highest BCUT2D eigenvalue weighted by molar-refractivity contribution is 5.83. The molecule has 0 saturated carbocycles. The maximum atomic E-state index is 12.0. The molecular weight excluding hydrogens is 329 g/mol. The molecule has 0 aromatic heterocycles. The average Bonchev–Trinajstić information content (AvgIpc) is 2.44. The first kappa shape index (κ1) is 24.0. The molecule has 9 heteroatoms. The second kappa shape index (κ2) is 14.3. The Bertz CT molecular complexity index is 458. The normalized spacial score (nSPS) is 11.9. The first-order valence-electron chi connectivity index (χ1n) is 6.82. The van der Waals surface area contributed by atoms with Crippen molar-refractivity contribution in [3.8, 4) is 0 Å². The van der Waals surface area contributed by atoms with E-state index in [-0.39, 0.29) is 24.8 Å². The predicted octanol–water partition coefficient (Wildman–Crippen LogP) is 2.05. The van der Waals surface area contributed by atoms with Gasteiger partial charge in [-0.05, 0) is 19.1 Å². The van der Waals surface area contributed by atoms with Crippen molar-refractivity contribution in [3.05, 3.63) is 36.1 Å². The minimum Gasteiger partial charge on any atom is -0.406 e. The van der Waals surface area contributed by atoms with Gasteiger partial charge in [0.25, 0.3) is 0 Å². The first-order valence-corrected chi connectivity index (χ1v) is 6.82. The number of nitrogens with one attached hydrogen (secondary N) is 2. The molecule has 0 fully saturated rings. The van der Waals surface area contributed by atoms with E-state index in [0.717, 1.165) is 12.2 Å². The van der Waals surface area contributed by atoms with Crippen molar-refractivity contribution in [2.75, 3.05) is 27.3 Å². The van der Waals surface area contributed by atoms with Crippen LogP contribution in [0, 0.1) is 0 Å². The van der Waals surface area contributed by atoms with E-state index in [1.807, 2.05) is 0 Å². The lowest BCUT2D eigenvalue weighted by atomic mass is 10.3. The average molecular weight is 352 g/mol. The summed E-state index contributed by atoms with van der Waals surface area (Å²) in [7, 11) is 3.25. The summed E-state index contributed by atoms with van der Waals surface area (Å²) in [5.74, 6) is -1.10. The molecule has 0 aliphatic rings. The second-order valence-corrected chi connectivity index (χ2v) is 4.17. The van der Waals surface area contributed by atoms with Crippen LogP contribution >= 0.6 is 0 Å². The fourth-order valence-corrected chi connectivity index (χ4v) is 1.09. The Morgan fingerprint density at radius 1 is 1.17 bits per heavy atom. The van der Waals surface area contributed by atoms with Crippen LogP contribution < -0.4 is 10.6 Å². The number of hydrogen-bond donors (Lipinski definition) is 2. The Hall–Kier alpha value is -2.29. The third kappa shape index (κ3) is 19.7. The standard InChI is InChI=1S/C13H17F3N2O3.C2H6O/c1-3-6-11(21-13(14,15)16)7-4-5-8-17-12(20)9-18-10(2)19;1-3-2/h3-7H,8-9H2,1-2H3,(H,17,20)(H,18,19);1-2H3/b5-4+,6-3-,11-7+;. The molecule has 0 aliphatic carbocycles. The minimum absolute atomic E-state index is 0.115. The summed E-state index contributed by atoms with van der Waals surface area (Å²) in [4.78, 5) is 21.7. The SMILES string of the molecule is COC.C\C=C/C(=C\C=C\CNC(=O)CNC(C)=O)OC(F)(F)F. The van der Waals surface area contributed by atoms with Gasteiger partial charge >= 0.3 is 6.36 Å². The summed E-state index contributed by atoms with van der Waals surface area (Å²) in [6.07, 6.45) is 1.68. The third-order valence-corrected chi connectivity index (χ3v) is 1.88. The van der Waals surface area contributed by atoms with Crippen LogP contribution in [0.4, 0.5) is 13.2 Å². The van der Waals surface area contributed by atoms with Crippen LogP contribution in [0.15, 0.2) is 36.1 Å². The van der Waals surface area contributed by atoms with Crippen LogP contribution in [-0.2, 0) is 19.1 Å². The van der Waals surface area contributed by atoms with Gasteiger partial charge in [0, 0.05) is 27.7 Å². The zero-order valence-electron chi connectivity index (χ0n) is 14.1. The van der Waals surface area contributed by atoms with Gasteiger partial charge in [-0.3, -0.25) is 9.59 Å². The maximum absolute atomic E-state index is 12.0. The van der Waals surface area contributed by atoms with Crippen LogP contribution in [0.2, 0.25) is 0 Å². The van der Waals surface area contributed by atoms with E-state index in [1.54, 1.807) is 21.1 Å². The number of carbonyl (C=O) groups is 2. The van der Waals surface area contributed by atoms with E-state index in [1.165, 1.54) is 25.2 Å². The molecule has 0 rings (SSSR count). The fraction of sp³-hybridized carbons (Fsp3) is 0.467. The summed E-state index contributed by atoms with van der Waals surface area (Å²) in [6.45, 7) is 2.80. The van der Waals surface area contributed by atoms with Gasteiger partial charge < -0.3 is 20.1 Å². The van der Waals surface area contributed by atoms with Gasteiger partial charge in [-0.1, -0.05) is 18.2 Å². The predicted molar refractivity (Wildman–Crippen MR) is 83.8 cm³/mol.